The molecule has 0 N–H and O–H groups in total. The third-order valence-corrected chi connectivity index (χ3v) is 7.48. The first-order valence-corrected chi connectivity index (χ1v) is 12.2. The van der Waals surface area contributed by atoms with Crippen LogP contribution in [0.1, 0.15) is 11.1 Å². The van der Waals surface area contributed by atoms with E-state index in [1.165, 1.54) is 16.7 Å². The second-order valence-electron chi connectivity index (χ2n) is 7.88. The third kappa shape index (κ3) is 3.66. The summed E-state index contributed by atoms with van der Waals surface area (Å²) in [5, 5.41) is 1.79. The van der Waals surface area contributed by atoms with Crippen LogP contribution in [0.2, 0.25) is 5.02 Å². The Morgan fingerprint density at radius 2 is 1.82 bits per heavy atom. The minimum Gasteiger partial charge on any atom is -0.454 e. The number of nitrogens with zero attached hydrogens (tertiary/aromatic N) is 2. The summed E-state index contributed by atoms with van der Waals surface area (Å²) in [6.07, 6.45) is 3.97. The molecule has 6 rings (SSSR count). The van der Waals surface area contributed by atoms with Crippen molar-refractivity contribution in [3.8, 4) is 11.5 Å². The van der Waals surface area contributed by atoms with Crippen LogP contribution in [0.3, 0.4) is 0 Å². The van der Waals surface area contributed by atoms with Crippen LogP contribution in [-0.2, 0) is 11.3 Å². The number of thioether (sulfide) groups is 1. The largest absolute Gasteiger partial charge is 0.454 e. The highest BCUT2D eigenvalue weighted by Crippen LogP contribution is 2.41. The number of carbonyl (C=O) groups is 1. The van der Waals surface area contributed by atoms with Gasteiger partial charge >= 0.3 is 0 Å². The first-order chi connectivity index (χ1) is 16.6. The lowest BCUT2D eigenvalue weighted by Gasteiger charge is -2.14. The summed E-state index contributed by atoms with van der Waals surface area (Å²) in [5.41, 5.74) is 3.72. The van der Waals surface area contributed by atoms with Crippen molar-refractivity contribution in [2.75, 3.05) is 11.7 Å². The number of rotatable bonds is 4. The van der Waals surface area contributed by atoms with Gasteiger partial charge in [-0.15, -0.1) is 0 Å². The number of amides is 1. The number of thiocarbonyl (C=S) groups is 1. The Morgan fingerprint density at radius 3 is 2.71 bits per heavy atom. The molecule has 0 bridgehead atoms. The molecule has 2 aliphatic rings. The Hall–Kier alpha value is -3.26. The summed E-state index contributed by atoms with van der Waals surface area (Å²) in [6.45, 7) is 0.807. The van der Waals surface area contributed by atoms with Gasteiger partial charge in [0.2, 0.25) is 6.79 Å². The van der Waals surface area contributed by atoms with Crippen molar-refractivity contribution in [1.82, 2.24) is 4.57 Å². The summed E-state index contributed by atoms with van der Waals surface area (Å²) in [7, 11) is 0. The maximum Gasteiger partial charge on any atom is 0.270 e. The van der Waals surface area contributed by atoms with Gasteiger partial charge in [-0.05, 0) is 35.9 Å². The summed E-state index contributed by atoms with van der Waals surface area (Å²) < 4.78 is 13.5. The van der Waals surface area contributed by atoms with Gasteiger partial charge in [-0.2, -0.15) is 0 Å². The van der Waals surface area contributed by atoms with Crippen LogP contribution in [0.15, 0.2) is 77.8 Å². The van der Waals surface area contributed by atoms with E-state index >= 15 is 0 Å². The quantitative estimate of drug-likeness (QED) is 0.235. The second-order valence-corrected chi connectivity index (χ2v) is 9.96. The molecule has 1 fully saturated rings. The number of halogens is 1. The number of fused-ring (bicyclic) bond motifs is 2. The molecule has 0 atom stereocenters. The monoisotopic (exact) mass is 504 g/mol. The van der Waals surface area contributed by atoms with Gasteiger partial charge in [0.15, 0.2) is 15.8 Å². The molecule has 1 amide bonds. The van der Waals surface area contributed by atoms with Crippen molar-refractivity contribution in [3.63, 3.8) is 0 Å². The first kappa shape index (κ1) is 21.3. The summed E-state index contributed by atoms with van der Waals surface area (Å²) in [5.74, 6) is 1.12. The van der Waals surface area contributed by atoms with Crippen LogP contribution in [0.25, 0.3) is 17.0 Å². The van der Waals surface area contributed by atoms with Gasteiger partial charge in [0.1, 0.15) is 0 Å². The fourth-order valence-electron chi connectivity index (χ4n) is 4.19. The van der Waals surface area contributed by atoms with E-state index in [9.17, 15) is 4.79 Å². The average Bonchev–Trinajstić information content (AvgIpc) is 3.52. The number of aromatic nitrogens is 1. The van der Waals surface area contributed by atoms with Crippen molar-refractivity contribution in [3.05, 3.63) is 94.0 Å². The third-order valence-electron chi connectivity index (χ3n) is 5.81. The fraction of sp³-hybridized carbons (Fsp3) is 0.0769. The van der Waals surface area contributed by atoms with Crippen LogP contribution in [-0.4, -0.2) is 21.6 Å². The van der Waals surface area contributed by atoms with Gasteiger partial charge in [-0.1, -0.05) is 72.0 Å². The van der Waals surface area contributed by atoms with Gasteiger partial charge < -0.3 is 14.0 Å². The Bertz CT molecular complexity index is 1510. The van der Waals surface area contributed by atoms with Crippen LogP contribution >= 0.6 is 35.6 Å². The van der Waals surface area contributed by atoms with Gasteiger partial charge in [0, 0.05) is 40.3 Å². The number of ether oxygens (including phenoxy) is 2. The van der Waals surface area contributed by atoms with E-state index in [1.807, 2.05) is 48.5 Å². The van der Waals surface area contributed by atoms with Crippen molar-refractivity contribution in [2.24, 2.45) is 0 Å². The number of para-hydroxylation sites is 1. The molecule has 0 unspecified atom stereocenters. The minimum atomic E-state index is -0.156. The first-order valence-electron chi connectivity index (χ1n) is 10.6. The van der Waals surface area contributed by atoms with Gasteiger partial charge in [0.25, 0.3) is 5.91 Å². The topological polar surface area (TPSA) is 43.7 Å². The zero-order valence-electron chi connectivity index (χ0n) is 17.7. The van der Waals surface area contributed by atoms with Crippen LogP contribution < -0.4 is 14.4 Å². The van der Waals surface area contributed by atoms with Crippen molar-refractivity contribution in [1.29, 1.82) is 0 Å². The molecular weight excluding hydrogens is 488 g/mol. The average molecular weight is 505 g/mol. The van der Waals surface area contributed by atoms with Crippen molar-refractivity contribution >= 4 is 68.5 Å². The summed E-state index contributed by atoms with van der Waals surface area (Å²) in [6, 6.07) is 21.3. The molecule has 1 saturated heterocycles. The van der Waals surface area contributed by atoms with E-state index in [1.54, 1.807) is 12.1 Å². The maximum atomic E-state index is 13.4. The Morgan fingerprint density at radius 1 is 1.03 bits per heavy atom. The summed E-state index contributed by atoms with van der Waals surface area (Å²) in [4.78, 5) is 15.5. The van der Waals surface area contributed by atoms with Crippen molar-refractivity contribution < 1.29 is 14.3 Å². The Balaban J connectivity index is 1.36. The fourth-order valence-corrected chi connectivity index (χ4v) is 5.67. The predicted molar refractivity (Wildman–Crippen MR) is 141 cm³/mol. The zero-order chi connectivity index (χ0) is 23.2. The highest BCUT2D eigenvalue weighted by molar-refractivity contribution is 8.27. The standard InChI is InChI=1S/C26H17ClN2O3S2/c27-20-7-3-1-5-16(20)13-28-14-17(19-6-2-4-8-21(19)28)11-24-25(30)29(26(33)34-24)18-9-10-22-23(12-18)32-15-31-22/h1-12,14H,13,15H2/b24-11+. The Labute approximate surface area is 210 Å². The number of hydrogen-bond acceptors (Lipinski definition) is 5. The number of hydrogen-bond donors (Lipinski definition) is 0. The molecule has 0 spiro atoms. The normalized spacial score (nSPS) is 16.3. The van der Waals surface area contributed by atoms with Crippen LogP contribution in [0.5, 0.6) is 11.5 Å². The van der Waals surface area contributed by atoms with E-state index in [2.05, 4.69) is 22.9 Å². The highest BCUT2D eigenvalue weighted by atomic mass is 35.5. The molecule has 5 nitrogen and oxygen atoms in total. The van der Waals surface area contributed by atoms with E-state index in [4.69, 9.17) is 33.3 Å². The lowest BCUT2D eigenvalue weighted by atomic mass is 10.1. The van der Waals surface area contributed by atoms with E-state index < -0.39 is 0 Å². The number of benzene rings is 3. The smallest absolute Gasteiger partial charge is 0.270 e. The van der Waals surface area contributed by atoms with Crippen LogP contribution in [0, 0.1) is 0 Å². The lowest BCUT2D eigenvalue weighted by molar-refractivity contribution is -0.113. The van der Waals surface area contributed by atoms with Gasteiger partial charge in [-0.25, -0.2) is 0 Å². The lowest BCUT2D eigenvalue weighted by Crippen LogP contribution is -2.27. The SMILES string of the molecule is O=C1/C(=C\c2cn(Cc3ccccc3Cl)c3ccccc23)SC(=S)N1c1ccc2c(c1)OCO2. The molecule has 34 heavy (non-hydrogen) atoms. The summed E-state index contributed by atoms with van der Waals surface area (Å²) >= 11 is 13.3. The molecular formula is C26H17ClN2O3S2. The van der Waals surface area contributed by atoms with Crippen LogP contribution in [0.4, 0.5) is 5.69 Å². The molecule has 0 aliphatic carbocycles. The van der Waals surface area contributed by atoms with E-state index in [0.29, 0.717) is 33.0 Å². The Kier molecular flexibility index (Phi) is 5.32. The van der Waals surface area contributed by atoms with Gasteiger partial charge in [0.05, 0.1) is 10.6 Å². The molecule has 2 aliphatic heterocycles. The molecule has 8 heteroatoms. The molecule has 0 saturated carbocycles. The van der Waals surface area contributed by atoms with E-state index in [0.717, 1.165) is 27.1 Å². The minimum absolute atomic E-state index is 0.156. The highest BCUT2D eigenvalue weighted by Gasteiger charge is 2.34. The molecule has 3 aromatic carbocycles. The van der Waals surface area contributed by atoms with E-state index in [-0.39, 0.29) is 12.7 Å². The van der Waals surface area contributed by atoms with Gasteiger partial charge in [-0.3, -0.25) is 9.69 Å². The second kappa shape index (κ2) is 8.51. The molecule has 0 radical (unpaired) electrons. The molecule has 3 heterocycles. The number of anilines is 1. The maximum absolute atomic E-state index is 13.4. The molecule has 1 aromatic heterocycles. The zero-order valence-corrected chi connectivity index (χ0v) is 20.1. The predicted octanol–water partition coefficient (Wildman–Crippen LogP) is 6.48. The van der Waals surface area contributed by atoms with Crippen molar-refractivity contribution in [2.45, 2.75) is 6.54 Å². The number of carbonyl (C=O) groups excluding carboxylic acids is 1. The molecule has 4 aromatic rings. The molecule has 168 valence electrons.